The average molecular weight is 367 g/mol. The molecule has 4 rings (SSSR count). The van der Waals surface area contributed by atoms with Gasteiger partial charge in [-0.3, -0.25) is 14.2 Å². The van der Waals surface area contributed by atoms with Crippen LogP contribution in [-0.2, 0) is 17.6 Å². The molecule has 0 saturated carbocycles. The number of nitrogens with one attached hydrogen (secondary N) is 1. The first-order chi connectivity index (χ1) is 12.6. The Labute approximate surface area is 155 Å². The SMILES string of the molecule is Cc1nc2sc3c(c2c(=O)n1C(C)C(=O)Nc1ccccc1)CCCC3. The fourth-order valence-electron chi connectivity index (χ4n) is 3.66. The molecule has 1 aromatic carbocycles. The first-order valence-electron chi connectivity index (χ1n) is 8.95. The number of anilines is 1. The highest BCUT2D eigenvalue weighted by Gasteiger charge is 2.25. The van der Waals surface area contributed by atoms with Gasteiger partial charge < -0.3 is 5.32 Å². The van der Waals surface area contributed by atoms with E-state index in [9.17, 15) is 9.59 Å². The van der Waals surface area contributed by atoms with Gasteiger partial charge >= 0.3 is 0 Å². The Hall–Kier alpha value is -2.47. The highest BCUT2D eigenvalue weighted by molar-refractivity contribution is 7.18. The molecule has 0 saturated heterocycles. The summed E-state index contributed by atoms with van der Waals surface area (Å²) in [5.74, 6) is 0.364. The van der Waals surface area contributed by atoms with Gasteiger partial charge in [-0.05, 0) is 57.2 Å². The van der Waals surface area contributed by atoms with Gasteiger partial charge in [0.2, 0.25) is 5.91 Å². The number of aromatic nitrogens is 2. The van der Waals surface area contributed by atoms with Gasteiger partial charge in [-0.2, -0.15) is 0 Å². The maximum Gasteiger partial charge on any atom is 0.263 e. The number of benzene rings is 1. The highest BCUT2D eigenvalue weighted by atomic mass is 32.1. The zero-order valence-corrected chi connectivity index (χ0v) is 15.7. The van der Waals surface area contributed by atoms with Crippen molar-refractivity contribution in [1.29, 1.82) is 0 Å². The molecule has 1 aliphatic carbocycles. The fourth-order valence-corrected chi connectivity index (χ4v) is 4.96. The maximum absolute atomic E-state index is 13.2. The van der Waals surface area contributed by atoms with Crippen molar-refractivity contribution < 1.29 is 4.79 Å². The van der Waals surface area contributed by atoms with E-state index in [1.54, 1.807) is 25.2 Å². The summed E-state index contributed by atoms with van der Waals surface area (Å²) < 4.78 is 1.53. The summed E-state index contributed by atoms with van der Waals surface area (Å²) in [4.78, 5) is 32.7. The number of hydrogen-bond donors (Lipinski definition) is 1. The third-order valence-corrected chi connectivity index (χ3v) is 6.19. The zero-order chi connectivity index (χ0) is 18.3. The minimum atomic E-state index is -0.626. The number of rotatable bonds is 3. The van der Waals surface area contributed by atoms with Gasteiger partial charge in [-0.1, -0.05) is 18.2 Å². The molecule has 26 heavy (non-hydrogen) atoms. The van der Waals surface area contributed by atoms with Crippen LogP contribution in [0, 0.1) is 6.92 Å². The Morgan fingerprint density at radius 3 is 2.73 bits per heavy atom. The van der Waals surface area contributed by atoms with E-state index < -0.39 is 6.04 Å². The second-order valence-electron chi connectivity index (χ2n) is 6.76. The Morgan fingerprint density at radius 1 is 1.23 bits per heavy atom. The summed E-state index contributed by atoms with van der Waals surface area (Å²) in [6.07, 6.45) is 4.23. The van der Waals surface area contributed by atoms with Gasteiger partial charge in [-0.25, -0.2) is 4.98 Å². The average Bonchev–Trinajstić information content (AvgIpc) is 3.00. The predicted octanol–water partition coefficient (Wildman–Crippen LogP) is 3.84. The summed E-state index contributed by atoms with van der Waals surface area (Å²) in [5.41, 5.74) is 1.78. The van der Waals surface area contributed by atoms with Crippen molar-refractivity contribution in [1.82, 2.24) is 9.55 Å². The Bertz CT molecular complexity index is 1040. The lowest BCUT2D eigenvalue weighted by Gasteiger charge is -2.18. The van der Waals surface area contributed by atoms with Gasteiger partial charge in [0, 0.05) is 10.6 Å². The molecule has 0 radical (unpaired) electrons. The summed E-state index contributed by atoms with van der Waals surface area (Å²) in [6.45, 7) is 3.55. The minimum Gasteiger partial charge on any atom is -0.324 e. The van der Waals surface area contributed by atoms with Crippen LogP contribution in [0.5, 0.6) is 0 Å². The van der Waals surface area contributed by atoms with Gasteiger partial charge in [0.1, 0.15) is 16.7 Å². The van der Waals surface area contributed by atoms with Gasteiger partial charge in [0.25, 0.3) is 5.56 Å². The van der Waals surface area contributed by atoms with Crippen LogP contribution in [-0.4, -0.2) is 15.5 Å². The predicted molar refractivity (Wildman–Crippen MR) is 105 cm³/mol. The first-order valence-corrected chi connectivity index (χ1v) is 9.77. The van der Waals surface area contributed by atoms with Gasteiger partial charge in [0.15, 0.2) is 0 Å². The number of aryl methyl sites for hydroxylation is 3. The molecule has 0 spiro atoms. The lowest BCUT2D eigenvalue weighted by atomic mass is 9.97. The molecule has 134 valence electrons. The van der Waals surface area contributed by atoms with Gasteiger partial charge in [-0.15, -0.1) is 11.3 Å². The van der Waals surface area contributed by atoms with Crippen molar-refractivity contribution in [3.05, 3.63) is 57.0 Å². The van der Waals surface area contributed by atoms with E-state index in [1.807, 2.05) is 30.3 Å². The first kappa shape index (κ1) is 17.0. The molecule has 2 aromatic heterocycles. The molecule has 1 unspecified atom stereocenters. The molecule has 6 heteroatoms. The van der Waals surface area contributed by atoms with E-state index in [-0.39, 0.29) is 11.5 Å². The van der Waals surface area contributed by atoms with E-state index in [4.69, 9.17) is 0 Å². The molecule has 0 bridgehead atoms. The molecule has 2 heterocycles. The quantitative estimate of drug-likeness (QED) is 0.765. The van der Waals surface area contributed by atoms with Crippen LogP contribution in [0.25, 0.3) is 10.2 Å². The second-order valence-corrected chi connectivity index (χ2v) is 7.84. The molecule has 1 N–H and O–H groups in total. The Kier molecular flexibility index (Phi) is 4.36. The topological polar surface area (TPSA) is 64.0 Å². The van der Waals surface area contributed by atoms with Crippen molar-refractivity contribution in [2.75, 3.05) is 5.32 Å². The smallest absolute Gasteiger partial charge is 0.263 e. The van der Waals surface area contributed by atoms with Crippen LogP contribution in [0.3, 0.4) is 0 Å². The standard InChI is InChI=1S/C20H21N3O2S/c1-12(18(24)22-14-8-4-3-5-9-14)23-13(2)21-19-17(20(23)25)15-10-6-7-11-16(15)26-19/h3-5,8-9,12H,6-7,10-11H2,1-2H3,(H,22,24). The lowest BCUT2D eigenvalue weighted by molar-refractivity contribution is -0.118. The third-order valence-electron chi connectivity index (χ3n) is 5.01. The van der Waals surface area contributed by atoms with Crippen LogP contribution >= 0.6 is 11.3 Å². The molecular formula is C20H21N3O2S. The van der Waals surface area contributed by atoms with Crippen molar-refractivity contribution in [2.45, 2.75) is 45.6 Å². The Morgan fingerprint density at radius 2 is 1.96 bits per heavy atom. The number of carbonyl (C=O) groups excluding carboxylic acids is 1. The molecule has 3 aromatic rings. The number of para-hydroxylation sites is 1. The number of carbonyl (C=O) groups is 1. The van der Waals surface area contributed by atoms with Crippen molar-refractivity contribution in [2.24, 2.45) is 0 Å². The number of thiophene rings is 1. The number of fused-ring (bicyclic) bond motifs is 3. The van der Waals surface area contributed by atoms with E-state index in [0.29, 0.717) is 5.82 Å². The highest BCUT2D eigenvalue weighted by Crippen LogP contribution is 2.34. The van der Waals surface area contributed by atoms with Crippen LogP contribution < -0.4 is 10.9 Å². The van der Waals surface area contributed by atoms with E-state index in [0.717, 1.165) is 40.7 Å². The molecule has 1 aliphatic rings. The molecule has 0 fully saturated rings. The molecule has 1 amide bonds. The molecular weight excluding hydrogens is 346 g/mol. The van der Waals surface area contributed by atoms with E-state index in [2.05, 4.69) is 10.3 Å². The summed E-state index contributed by atoms with van der Waals surface area (Å²) >= 11 is 1.63. The zero-order valence-electron chi connectivity index (χ0n) is 14.9. The lowest BCUT2D eigenvalue weighted by Crippen LogP contribution is -2.34. The normalized spacial score (nSPS) is 14.8. The van der Waals surface area contributed by atoms with Gasteiger partial charge in [0.05, 0.1) is 5.39 Å². The molecule has 5 nitrogen and oxygen atoms in total. The summed E-state index contributed by atoms with van der Waals surface area (Å²) in [6, 6.07) is 8.66. The van der Waals surface area contributed by atoms with E-state index in [1.165, 1.54) is 15.9 Å². The van der Waals surface area contributed by atoms with Crippen LogP contribution in [0.2, 0.25) is 0 Å². The third kappa shape index (κ3) is 2.84. The maximum atomic E-state index is 13.2. The second kappa shape index (κ2) is 6.68. The van der Waals surface area contributed by atoms with Crippen LogP contribution in [0.15, 0.2) is 35.1 Å². The van der Waals surface area contributed by atoms with Crippen LogP contribution in [0.4, 0.5) is 5.69 Å². The Balaban J connectivity index is 1.76. The number of nitrogens with zero attached hydrogens (tertiary/aromatic N) is 2. The number of hydrogen-bond acceptors (Lipinski definition) is 4. The minimum absolute atomic E-state index is 0.0948. The molecule has 1 atom stereocenters. The fraction of sp³-hybridized carbons (Fsp3) is 0.350. The van der Waals surface area contributed by atoms with E-state index >= 15 is 0 Å². The largest absolute Gasteiger partial charge is 0.324 e. The van der Waals surface area contributed by atoms with Crippen LogP contribution in [0.1, 0.15) is 42.1 Å². The van der Waals surface area contributed by atoms with Crippen molar-refractivity contribution >= 4 is 33.1 Å². The van der Waals surface area contributed by atoms with Crippen molar-refractivity contribution in [3.63, 3.8) is 0 Å². The monoisotopic (exact) mass is 367 g/mol. The molecule has 0 aliphatic heterocycles. The van der Waals surface area contributed by atoms with Crippen molar-refractivity contribution in [3.8, 4) is 0 Å². The summed E-state index contributed by atoms with van der Waals surface area (Å²) in [5, 5.41) is 3.59. The number of amides is 1. The summed E-state index contributed by atoms with van der Waals surface area (Å²) in [7, 11) is 0.